The van der Waals surface area contributed by atoms with Crippen molar-refractivity contribution in [3.05, 3.63) is 53.1 Å². The van der Waals surface area contributed by atoms with Crippen molar-refractivity contribution in [3.8, 4) is 5.69 Å². The number of halogens is 1. The number of aromatic nitrogens is 5. The summed E-state index contributed by atoms with van der Waals surface area (Å²) in [6.45, 7) is 4.41. The summed E-state index contributed by atoms with van der Waals surface area (Å²) < 4.78 is 3.81. The van der Waals surface area contributed by atoms with Crippen molar-refractivity contribution in [1.29, 1.82) is 0 Å². The first-order chi connectivity index (χ1) is 16.0. The van der Waals surface area contributed by atoms with Crippen LogP contribution >= 0.6 is 23.4 Å². The highest BCUT2D eigenvalue weighted by molar-refractivity contribution is 7.99. The average Bonchev–Trinajstić information content (AvgIpc) is 3.43. The zero-order chi connectivity index (χ0) is 23.2. The molecule has 1 saturated carbocycles. The Morgan fingerprint density at radius 3 is 2.79 bits per heavy atom. The molecule has 9 heteroatoms. The smallest absolute Gasteiger partial charge is 0.222 e. The molecule has 2 heterocycles. The van der Waals surface area contributed by atoms with Crippen molar-refractivity contribution in [1.82, 2.24) is 29.9 Å². The molecule has 1 aliphatic rings. The van der Waals surface area contributed by atoms with Crippen LogP contribution in [0.15, 0.2) is 41.7 Å². The number of hydrogen-bond donors (Lipinski definition) is 1. The van der Waals surface area contributed by atoms with Crippen LogP contribution in [0.2, 0.25) is 5.02 Å². The zero-order valence-corrected chi connectivity index (χ0v) is 20.8. The lowest BCUT2D eigenvalue weighted by molar-refractivity contribution is -0.122. The Labute approximate surface area is 204 Å². The van der Waals surface area contributed by atoms with Crippen LogP contribution in [0.3, 0.4) is 0 Å². The lowest BCUT2D eigenvalue weighted by Crippen LogP contribution is -2.29. The summed E-state index contributed by atoms with van der Waals surface area (Å²) in [6.07, 6.45) is 8.79. The van der Waals surface area contributed by atoms with Gasteiger partial charge in [0.05, 0.1) is 17.4 Å². The monoisotopic (exact) mass is 486 g/mol. The SMILES string of the molecule is Cc1ccn(CCC(=O)NC(C)c2nnc(SCC3CCCCC3)n2-c2cccc(Cl)c2)n1. The maximum atomic E-state index is 12.6. The molecule has 2 aromatic heterocycles. The van der Waals surface area contributed by atoms with E-state index in [2.05, 4.69) is 20.6 Å². The van der Waals surface area contributed by atoms with Gasteiger partial charge in [-0.05, 0) is 56.9 Å². The van der Waals surface area contributed by atoms with E-state index in [-0.39, 0.29) is 11.9 Å². The van der Waals surface area contributed by atoms with Crippen molar-refractivity contribution < 1.29 is 4.79 Å². The predicted molar refractivity (Wildman–Crippen MR) is 132 cm³/mol. The molecule has 1 unspecified atom stereocenters. The van der Waals surface area contributed by atoms with Gasteiger partial charge in [0, 0.05) is 29.9 Å². The third-order valence-corrected chi connectivity index (χ3v) is 7.40. The summed E-state index contributed by atoms with van der Waals surface area (Å²) in [7, 11) is 0. The first-order valence-corrected chi connectivity index (χ1v) is 13.0. The fraction of sp³-hybridized carbons (Fsp3) is 0.500. The molecular formula is C24H31ClN6OS. The summed E-state index contributed by atoms with van der Waals surface area (Å²) >= 11 is 8.03. The number of nitrogens with one attached hydrogen (secondary N) is 1. The molecule has 0 spiro atoms. The van der Waals surface area contributed by atoms with Crippen molar-refractivity contribution in [3.63, 3.8) is 0 Å². The Kier molecular flexibility index (Phi) is 8.09. The molecule has 1 fully saturated rings. The number of amides is 1. The van der Waals surface area contributed by atoms with E-state index in [1.165, 1.54) is 32.1 Å². The summed E-state index contributed by atoms with van der Waals surface area (Å²) in [5.74, 6) is 2.40. The van der Waals surface area contributed by atoms with Crippen molar-refractivity contribution >= 4 is 29.3 Å². The van der Waals surface area contributed by atoms with Crippen LogP contribution in [-0.4, -0.2) is 36.2 Å². The van der Waals surface area contributed by atoms with Crippen molar-refractivity contribution in [2.75, 3.05) is 5.75 Å². The minimum atomic E-state index is -0.299. The second-order valence-electron chi connectivity index (χ2n) is 8.73. The van der Waals surface area contributed by atoms with Crippen LogP contribution in [0.5, 0.6) is 0 Å². The van der Waals surface area contributed by atoms with Crippen LogP contribution in [0.1, 0.15) is 63.0 Å². The largest absolute Gasteiger partial charge is 0.346 e. The normalized spacial score (nSPS) is 15.5. The highest BCUT2D eigenvalue weighted by Gasteiger charge is 2.22. The number of carbonyl (C=O) groups excluding carboxylic acids is 1. The van der Waals surface area contributed by atoms with Gasteiger partial charge >= 0.3 is 0 Å². The van der Waals surface area contributed by atoms with Gasteiger partial charge in [-0.3, -0.25) is 14.0 Å². The molecule has 3 aromatic rings. The van der Waals surface area contributed by atoms with Gasteiger partial charge in [0.1, 0.15) is 0 Å². The summed E-state index contributed by atoms with van der Waals surface area (Å²) in [5, 5.41) is 17.9. The highest BCUT2D eigenvalue weighted by atomic mass is 35.5. The van der Waals surface area contributed by atoms with E-state index in [4.69, 9.17) is 11.6 Å². The second-order valence-corrected chi connectivity index (χ2v) is 10.2. The first kappa shape index (κ1) is 23.8. The standard InChI is InChI=1S/C24H31ClN6OS/c1-17-11-13-30(29-17)14-12-22(32)26-18(2)23-27-28-24(33-16-19-7-4-3-5-8-19)31(23)21-10-6-9-20(25)15-21/h6,9-11,13,15,18-19H,3-5,7-8,12,14,16H2,1-2H3,(H,26,32). The molecule has 7 nitrogen and oxygen atoms in total. The molecule has 0 bridgehead atoms. The van der Waals surface area contributed by atoms with Gasteiger partial charge < -0.3 is 5.32 Å². The maximum Gasteiger partial charge on any atom is 0.222 e. The number of hydrogen-bond acceptors (Lipinski definition) is 5. The van der Waals surface area contributed by atoms with Crippen LogP contribution in [-0.2, 0) is 11.3 Å². The zero-order valence-electron chi connectivity index (χ0n) is 19.2. The Morgan fingerprint density at radius 2 is 2.06 bits per heavy atom. The Hall–Kier alpha value is -2.32. The van der Waals surface area contributed by atoms with Crippen LogP contribution in [0, 0.1) is 12.8 Å². The predicted octanol–water partition coefficient (Wildman–Crippen LogP) is 5.37. The van der Waals surface area contributed by atoms with Crippen molar-refractivity contribution in [2.45, 2.75) is 70.1 Å². The quantitative estimate of drug-likeness (QED) is 0.411. The van der Waals surface area contributed by atoms with E-state index >= 15 is 0 Å². The number of aryl methyl sites for hydroxylation is 2. The minimum Gasteiger partial charge on any atom is -0.346 e. The fourth-order valence-corrected chi connectivity index (χ4v) is 5.57. The van der Waals surface area contributed by atoms with Crippen LogP contribution in [0.4, 0.5) is 0 Å². The number of nitrogens with zero attached hydrogens (tertiary/aromatic N) is 5. The molecule has 0 radical (unpaired) electrons. The lowest BCUT2D eigenvalue weighted by atomic mass is 9.91. The van der Waals surface area contributed by atoms with Crippen LogP contribution in [0.25, 0.3) is 5.69 Å². The van der Waals surface area contributed by atoms with Gasteiger partial charge in [-0.1, -0.05) is 48.7 Å². The molecule has 4 rings (SSSR count). The Balaban J connectivity index is 1.48. The molecule has 1 aliphatic carbocycles. The summed E-state index contributed by atoms with van der Waals surface area (Å²) in [5.41, 5.74) is 1.85. The minimum absolute atomic E-state index is 0.0484. The molecule has 1 atom stereocenters. The Morgan fingerprint density at radius 1 is 1.24 bits per heavy atom. The maximum absolute atomic E-state index is 12.6. The van der Waals surface area contributed by atoms with Crippen LogP contribution < -0.4 is 5.32 Å². The average molecular weight is 487 g/mol. The van der Waals surface area contributed by atoms with Gasteiger partial charge in [-0.25, -0.2) is 0 Å². The molecule has 1 aromatic carbocycles. The Bertz CT molecular complexity index is 1070. The molecule has 33 heavy (non-hydrogen) atoms. The van der Waals surface area contributed by atoms with Gasteiger partial charge in [0.2, 0.25) is 5.91 Å². The molecule has 1 N–H and O–H groups in total. The van der Waals surface area contributed by atoms with E-state index in [9.17, 15) is 4.79 Å². The van der Waals surface area contributed by atoms with E-state index in [1.807, 2.05) is 54.9 Å². The van der Waals surface area contributed by atoms with E-state index < -0.39 is 0 Å². The number of rotatable bonds is 9. The molecule has 0 aliphatic heterocycles. The summed E-state index contributed by atoms with van der Waals surface area (Å²) in [6, 6.07) is 9.32. The second kappa shape index (κ2) is 11.2. The summed E-state index contributed by atoms with van der Waals surface area (Å²) in [4.78, 5) is 12.6. The number of carbonyl (C=O) groups is 1. The first-order valence-electron chi connectivity index (χ1n) is 11.6. The lowest BCUT2D eigenvalue weighted by Gasteiger charge is -2.21. The highest BCUT2D eigenvalue weighted by Crippen LogP contribution is 2.32. The topological polar surface area (TPSA) is 77.6 Å². The molecule has 176 valence electrons. The van der Waals surface area contributed by atoms with Gasteiger partial charge in [0.25, 0.3) is 0 Å². The van der Waals surface area contributed by atoms with E-state index in [0.717, 1.165) is 28.2 Å². The number of benzene rings is 1. The van der Waals surface area contributed by atoms with E-state index in [1.54, 1.807) is 16.4 Å². The number of thioether (sulfide) groups is 1. The molecule has 1 amide bonds. The van der Waals surface area contributed by atoms with Gasteiger partial charge in [-0.15, -0.1) is 10.2 Å². The van der Waals surface area contributed by atoms with Gasteiger partial charge in [-0.2, -0.15) is 5.10 Å². The fourth-order valence-electron chi connectivity index (χ4n) is 4.24. The molecular weight excluding hydrogens is 456 g/mol. The third kappa shape index (κ3) is 6.38. The van der Waals surface area contributed by atoms with Crippen molar-refractivity contribution in [2.24, 2.45) is 5.92 Å². The molecule has 0 saturated heterocycles. The van der Waals surface area contributed by atoms with Gasteiger partial charge in [0.15, 0.2) is 11.0 Å². The third-order valence-electron chi connectivity index (χ3n) is 6.00. The van der Waals surface area contributed by atoms with E-state index in [0.29, 0.717) is 23.8 Å².